The van der Waals surface area contributed by atoms with E-state index in [1.165, 1.54) is 24.4 Å². The molecule has 0 unspecified atom stereocenters. The van der Waals surface area contributed by atoms with E-state index in [4.69, 9.17) is 8.83 Å². The molecule has 2 aromatic heterocycles. The summed E-state index contributed by atoms with van der Waals surface area (Å²) < 4.78 is 11.2. The first kappa shape index (κ1) is 16.2. The van der Waals surface area contributed by atoms with Gasteiger partial charge in [-0.3, -0.25) is 4.79 Å². The van der Waals surface area contributed by atoms with Gasteiger partial charge in [-0.2, -0.15) is 0 Å². The van der Waals surface area contributed by atoms with Gasteiger partial charge in [-0.05, 0) is 37.8 Å². The third-order valence-electron chi connectivity index (χ3n) is 4.33. The highest BCUT2D eigenvalue weighted by molar-refractivity contribution is 7.98. The number of hydrogen-bond acceptors (Lipinski definition) is 6. The standard InChI is InChI=1S/C18H19N3O3S/c1-12-6-5-7-14-16(12)20-18(24-14)25-11-15-19-13(10-23-15)17(22)21-8-3-2-4-9-21/h5-7,10H,2-4,8-9,11H2,1H3. The van der Waals surface area contributed by atoms with E-state index >= 15 is 0 Å². The van der Waals surface area contributed by atoms with Gasteiger partial charge in [-0.1, -0.05) is 23.9 Å². The summed E-state index contributed by atoms with van der Waals surface area (Å²) in [5.74, 6) is 0.931. The largest absolute Gasteiger partial charge is 0.447 e. The summed E-state index contributed by atoms with van der Waals surface area (Å²) in [7, 11) is 0. The van der Waals surface area contributed by atoms with Crippen LogP contribution in [0.4, 0.5) is 0 Å². The smallest absolute Gasteiger partial charge is 0.275 e. The van der Waals surface area contributed by atoms with Crippen molar-refractivity contribution in [3.63, 3.8) is 0 Å². The van der Waals surface area contributed by atoms with Gasteiger partial charge in [0.2, 0.25) is 5.89 Å². The van der Waals surface area contributed by atoms with Gasteiger partial charge in [0.1, 0.15) is 11.8 Å². The molecule has 0 atom stereocenters. The van der Waals surface area contributed by atoms with Crippen molar-refractivity contribution in [2.24, 2.45) is 0 Å². The number of aryl methyl sites for hydroxylation is 1. The number of likely N-dealkylation sites (tertiary alicyclic amines) is 1. The fourth-order valence-electron chi connectivity index (χ4n) is 2.99. The number of nitrogens with zero attached hydrogens (tertiary/aromatic N) is 3. The van der Waals surface area contributed by atoms with Gasteiger partial charge >= 0.3 is 0 Å². The van der Waals surface area contributed by atoms with Crippen molar-refractivity contribution >= 4 is 28.8 Å². The lowest BCUT2D eigenvalue weighted by Crippen LogP contribution is -2.35. The summed E-state index contributed by atoms with van der Waals surface area (Å²) in [6.07, 6.45) is 4.75. The van der Waals surface area contributed by atoms with E-state index in [0.29, 0.717) is 22.6 Å². The monoisotopic (exact) mass is 357 g/mol. The zero-order valence-electron chi connectivity index (χ0n) is 14.0. The number of fused-ring (bicyclic) bond motifs is 1. The molecule has 0 spiro atoms. The van der Waals surface area contributed by atoms with Crippen LogP contribution in [-0.4, -0.2) is 33.9 Å². The number of rotatable bonds is 4. The van der Waals surface area contributed by atoms with Gasteiger partial charge in [-0.25, -0.2) is 9.97 Å². The number of hydrogen-bond donors (Lipinski definition) is 0. The van der Waals surface area contributed by atoms with E-state index in [0.717, 1.165) is 42.6 Å². The molecule has 130 valence electrons. The number of para-hydroxylation sites is 1. The Morgan fingerprint density at radius 1 is 1.24 bits per heavy atom. The van der Waals surface area contributed by atoms with Crippen LogP contribution >= 0.6 is 11.8 Å². The molecule has 6 nitrogen and oxygen atoms in total. The van der Waals surface area contributed by atoms with E-state index in [9.17, 15) is 4.79 Å². The van der Waals surface area contributed by atoms with Crippen molar-refractivity contribution in [1.29, 1.82) is 0 Å². The molecule has 4 rings (SSSR count). The molecular weight excluding hydrogens is 338 g/mol. The average molecular weight is 357 g/mol. The van der Waals surface area contributed by atoms with Crippen LogP contribution in [-0.2, 0) is 5.75 Å². The molecule has 1 aromatic carbocycles. The van der Waals surface area contributed by atoms with Gasteiger partial charge in [-0.15, -0.1) is 0 Å². The second kappa shape index (κ2) is 6.92. The minimum atomic E-state index is -0.0443. The number of piperidine rings is 1. The van der Waals surface area contributed by atoms with Crippen molar-refractivity contribution in [1.82, 2.24) is 14.9 Å². The predicted octanol–water partition coefficient (Wildman–Crippen LogP) is 4.04. The minimum Gasteiger partial charge on any atom is -0.447 e. The Morgan fingerprint density at radius 3 is 2.88 bits per heavy atom. The van der Waals surface area contributed by atoms with Crippen LogP contribution in [0.1, 0.15) is 41.2 Å². The average Bonchev–Trinajstić information content (AvgIpc) is 3.27. The Bertz CT molecular complexity index is 896. The van der Waals surface area contributed by atoms with Crippen molar-refractivity contribution in [3.8, 4) is 0 Å². The minimum absolute atomic E-state index is 0.0443. The Morgan fingerprint density at radius 2 is 2.08 bits per heavy atom. The molecule has 1 saturated heterocycles. The van der Waals surface area contributed by atoms with E-state index in [-0.39, 0.29) is 5.91 Å². The van der Waals surface area contributed by atoms with Gasteiger partial charge in [0.25, 0.3) is 11.1 Å². The normalized spacial score (nSPS) is 15.0. The van der Waals surface area contributed by atoms with Crippen molar-refractivity contribution in [2.45, 2.75) is 37.2 Å². The maximum Gasteiger partial charge on any atom is 0.275 e. The highest BCUT2D eigenvalue weighted by atomic mass is 32.2. The van der Waals surface area contributed by atoms with E-state index in [2.05, 4.69) is 9.97 Å². The molecule has 0 N–H and O–H groups in total. The van der Waals surface area contributed by atoms with Crippen LogP contribution in [0, 0.1) is 6.92 Å². The number of thioether (sulfide) groups is 1. The Balaban J connectivity index is 1.42. The summed E-state index contributed by atoms with van der Waals surface area (Å²) in [5.41, 5.74) is 3.11. The second-order valence-corrected chi connectivity index (χ2v) is 7.10. The lowest BCUT2D eigenvalue weighted by Gasteiger charge is -2.25. The summed E-state index contributed by atoms with van der Waals surface area (Å²) in [6, 6.07) is 5.86. The van der Waals surface area contributed by atoms with E-state index in [1.807, 2.05) is 30.0 Å². The molecule has 7 heteroatoms. The molecule has 0 aliphatic carbocycles. The number of oxazole rings is 2. The van der Waals surface area contributed by atoms with Gasteiger partial charge in [0.05, 0.1) is 5.75 Å². The fourth-order valence-corrected chi connectivity index (χ4v) is 3.67. The molecule has 1 fully saturated rings. The Labute approximate surface area is 149 Å². The molecule has 0 bridgehead atoms. The van der Waals surface area contributed by atoms with E-state index < -0.39 is 0 Å². The molecule has 3 aromatic rings. The molecule has 0 radical (unpaired) electrons. The predicted molar refractivity (Wildman–Crippen MR) is 94.6 cm³/mol. The Kier molecular flexibility index (Phi) is 4.48. The molecule has 1 aliphatic heterocycles. The zero-order chi connectivity index (χ0) is 17.2. The van der Waals surface area contributed by atoms with Crippen molar-refractivity contribution < 1.29 is 13.6 Å². The first-order valence-corrected chi connectivity index (χ1v) is 9.42. The number of carbonyl (C=O) groups excluding carboxylic acids is 1. The lowest BCUT2D eigenvalue weighted by atomic mass is 10.1. The molecule has 3 heterocycles. The van der Waals surface area contributed by atoms with Crippen molar-refractivity contribution in [2.75, 3.05) is 13.1 Å². The van der Waals surface area contributed by atoms with Crippen LogP contribution in [0.15, 0.2) is 38.5 Å². The molecule has 25 heavy (non-hydrogen) atoms. The summed E-state index contributed by atoms with van der Waals surface area (Å²) in [5, 5.41) is 0.575. The number of benzene rings is 1. The summed E-state index contributed by atoms with van der Waals surface area (Å²) in [6.45, 7) is 3.61. The third kappa shape index (κ3) is 3.42. The van der Waals surface area contributed by atoms with Crippen LogP contribution in [0.25, 0.3) is 11.1 Å². The topological polar surface area (TPSA) is 72.4 Å². The second-order valence-electron chi connectivity index (χ2n) is 6.17. The highest BCUT2D eigenvalue weighted by Crippen LogP contribution is 2.27. The first-order valence-electron chi connectivity index (χ1n) is 8.43. The van der Waals surface area contributed by atoms with Gasteiger partial charge in [0.15, 0.2) is 11.3 Å². The lowest BCUT2D eigenvalue weighted by molar-refractivity contribution is 0.0718. The summed E-state index contributed by atoms with van der Waals surface area (Å²) >= 11 is 1.41. The molecule has 1 amide bonds. The Hall–Kier alpha value is -2.28. The van der Waals surface area contributed by atoms with Crippen LogP contribution in [0.2, 0.25) is 0 Å². The quantitative estimate of drug-likeness (QED) is 0.656. The molecule has 0 saturated carbocycles. The molecular formula is C18H19N3O3S. The van der Waals surface area contributed by atoms with Crippen molar-refractivity contribution in [3.05, 3.63) is 41.6 Å². The fraction of sp³-hybridized carbons (Fsp3) is 0.389. The maximum absolute atomic E-state index is 12.4. The zero-order valence-corrected chi connectivity index (χ0v) is 14.8. The third-order valence-corrected chi connectivity index (χ3v) is 5.15. The van der Waals surface area contributed by atoms with Gasteiger partial charge < -0.3 is 13.7 Å². The maximum atomic E-state index is 12.4. The summed E-state index contributed by atoms with van der Waals surface area (Å²) in [4.78, 5) is 23.1. The van der Waals surface area contributed by atoms with E-state index in [1.54, 1.807) is 0 Å². The number of carbonyl (C=O) groups is 1. The highest BCUT2D eigenvalue weighted by Gasteiger charge is 2.21. The molecule has 1 aliphatic rings. The number of aromatic nitrogens is 2. The first-order chi connectivity index (χ1) is 12.2. The van der Waals surface area contributed by atoms with Gasteiger partial charge in [0, 0.05) is 13.1 Å². The van der Waals surface area contributed by atoms with Crippen LogP contribution < -0.4 is 0 Å². The van der Waals surface area contributed by atoms with Crippen LogP contribution in [0.5, 0.6) is 0 Å². The SMILES string of the molecule is Cc1cccc2oc(SCc3nc(C(=O)N4CCCCC4)co3)nc12. The van der Waals surface area contributed by atoms with Crippen LogP contribution in [0.3, 0.4) is 0 Å². The number of amides is 1.